The third-order valence-corrected chi connectivity index (χ3v) is 8.68. The van der Waals surface area contributed by atoms with Crippen LogP contribution >= 0.6 is 0 Å². The smallest absolute Gasteiger partial charge is 0.416 e. The van der Waals surface area contributed by atoms with Gasteiger partial charge in [-0.2, -0.15) is 13.2 Å². The molecule has 0 bridgehead atoms. The number of alkyl halides is 3. The second kappa shape index (κ2) is 11.9. The van der Waals surface area contributed by atoms with E-state index in [2.05, 4.69) is 5.32 Å². The van der Waals surface area contributed by atoms with Crippen molar-refractivity contribution < 1.29 is 27.2 Å². The SMILES string of the molecule is COC(=O)c1c(C[N+]2(C3CCNCC3)CCCCC2)c(-c2cccc(C(F)(F)F)c2)nc2cc(C=C(C)C)ccc12. The fourth-order valence-electron chi connectivity index (χ4n) is 6.78. The first-order chi connectivity index (χ1) is 19.6. The summed E-state index contributed by atoms with van der Waals surface area (Å²) in [6.07, 6.45) is 2.91. The molecule has 3 aromatic rings. The van der Waals surface area contributed by atoms with E-state index in [1.807, 2.05) is 38.1 Å². The molecule has 2 aliphatic rings. The molecule has 2 aromatic carbocycles. The topological polar surface area (TPSA) is 51.2 Å². The Morgan fingerprint density at radius 2 is 1.80 bits per heavy atom. The van der Waals surface area contributed by atoms with Crippen molar-refractivity contribution >= 4 is 22.9 Å². The minimum absolute atomic E-state index is 0.356. The van der Waals surface area contributed by atoms with E-state index >= 15 is 0 Å². The number of hydrogen-bond donors (Lipinski definition) is 1. The standard InChI is InChI=1S/C33H39F3N3O2/c1-22(2)18-23-10-11-27-29(19-23)38-31(24-8-7-9-25(20-24)33(34,35)36)28(30(27)32(40)41-3)21-39(16-5-4-6-17-39)26-12-14-37-15-13-26/h7-11,18-20,26,37H,4-6,12-17,21H2,1-3H3/q+1. The minimum atomic E-state index is -4.50. The number of rotatable bonds is 6. The van der Waals surface area contributed by atoms with Crippen LogP contribution in [0.3, 0.4) is 0 Å². The number of carbonyl (C=O) groups is 1. The Hall–Kier alpha value is -3.23. The van der Waals surface area contributed by atoms with Crippen LogP contribution in [0.25, 0.3) is 28.2 Å². The fraction of sp³-hybridized carbons (Fsp3) is 0.455. The summed E-state index contributed by atoms with van der Waals surface area (Å²) in [6, 6.07) is 11.5. The predicted molar refractivity (Wildman–Crippen MR) is 156 cm³/mol. The van der Waals surface area contributed by atoms with Crippen molar-refractivity contribution in [3.63, 3.8) is 0 Å². The maximum absolute atomic E-state index is 13.8. The molecule has 1 aromatic heterocycles. The molecule has 218 valence electrons. The van der Waals surface area contributed by atoms with Crippen LogP contribution in [-0.4, -0.2) is 54.8 Å². The number of quaternary nitrogens is 1. The van der Waals surface area contributed by atoms with Crippen LogP contribution in [0.15, 0.2) is 48.0 Å². The summed E-state index contributed by atoms with van der Waals surface area (Å²) in [5.41, 5.74) is 3.71. The van der Waals surface area contributed by atoms with Crippen LogP contribution in [0, 0.1) is 0 Å². The van der Waals surface area contributed by atoms with Crippen LogP contribution in [0.4, 0.5) is 13.2 Å². The van der Waals surface area contributed by atoms with Crippen molar-refractivity contribution in [2.45, 2.75) is 64.7 Å². The lowest BCUT2D eigenvalue weighted by Gasteiger charge is -2.49. The maximum atomic E-state index is 13.8. The van der Waals surface area contributed by atoms with Crippen molar-refractivity contribution in [2.75, 3.05) is 33.3 Å². The van der Waals surface area contributed by atoms with Gasteiger partial charge in [0.15, 0.2) is 0 Å². The number of fused-ring (bicyclic) bond motifs is 1. The monoisotopic (exact) mass is 566 g/mol. The summed E-state index contributed by atoms with van der Waals surface area (Å²) in [5.74, 6) is -0.490. The Morgan fingerprint density at radius 1 is 1.07 bits per heavy atom. The number of halogens is 3. The van der Waals surface area contributed by atoms with Gasteiger partial charge in [0.25, 0.3) is 0 Å². The summed E-state index contributed by atoms with van der Waals surface area (Å²) in [5, 5.41) is 4.13. The normalized spacial score (nSPS) is 17.8. The van der Waals surface area contributed by atoms with Crippen molar-refractivity contribution in [3.05, 3.63) is 70.3 Å². The third-order valence-electron chi connectivity index (χ3n) is 8.68. The van der Waals surface area contributed by atoms with Crippen molar-refractivity contribution in [3.8, 4) is 11.3 Å². The van der Waals surface area contributed by atoms with Gasteiger partial charge in [-0.1, -0.05) is 35.9 Å². The van der Waals surface area contributed by atoms with Gasteiger partial charge in [-0.15, -0.1) is 0 Å². The van der Waals surface area contributed by atoms with E-state index in [0.717, 1.165) is 79.6 Å². The molecule has 0 unspecified atom stereocenters. The highest BCUT2D eigenvalue weighted by Crippen LogP contribution is 2.39. The summed E-state index contributed by atoms with van der Waals surface area (Å²) in [6.45, 7) is 8.36. The first-order valence-electron chi connectivity index (χ1n) is 14.6. The van der Waals surface area contributed by atoms with Gasteiger partial charge in [-0.05, 0) is 56.9 Å². The van der Waals surface area contributed by atoms with Gasteiger partial charge in [-0.25, -0.2) is 9.78 Å². The summed E-state index contributed by atoms with van der Waals surface area (Å²) >= 11 is 0. The number of carbonyl (C=O) groups excluding carboxylic acids is 1. The number of nitrogens with zero attached hydrogens (tertiary/aromatic N) is 2. The van der Waals surface area contributed by atoms with E-state index in [-0.39, 0.29) is 0 Å². The number of hydrogen-bond acceptors (Lipinski definition) is 4. The predicted octanol–water partition coefficient (Wildman–Crippen LogP) is 7.38. The number of pyridine rings is 1. The van der Waals surface area contributed by atoms with Gasteiger partial charge < -0.3 is 14.5 Å². The Balaban J connectivity index is 1.79. The molecule has 3 heterocycles. The number of benzene rings is 2. The van der Waals surface area contributed by atoms with E-state index in [1.165, 1.54) is 19.6 Å². The lowest BCUT2D eigenvalue weighted by Crippen LogP contribution is -2.60. The van der Waals surface area contributed by atoms with Crippen molar-refractivity contribution in [1.82, 2.24) is 10.3 Å². The first-order valence-corrected chi connectivity index (χ1v) is 14.6. The molecule has 0 radical (unpaired) electrons. The minimum Gasteiger partial charge on any atom is -0.465 e. The maximum Gasteiger partial charge on any atom is 0.416 e. The van der Waals surface area contributed by atoms with E-state index in [4.69, 9.17) is 9.72 Å². The second-order valence-electron chi connectivity index (χ2n) is 11.7. The number of esters is 1. The zero-order valence-electron chi connectivity index (χ0n) is 24.1. The summed E-state index contributed by atoms with van der Waals surface area (Å²) < 4.78 is 47.7. The van der Waals surface area contributed by atoms with E-state index < -0.39 is 17.7 Å². The largest absolute Gasteiger partial charge is 0.465 e. The molecule has 1 N–H and O–H groups in total. The van der Waals surface area contributed by atoms with Gasteiger partial charge in [0.2, 0.25) is 0 Å². The highest BCUT2D eigenvalue weighted by atomic mass is 19.4. The van der Waals surface area contributed by atoms with Crippen LogP contribution < -0.4 is 5.32 Å². The Morgan fingerprint density at radius 3 is 2.46 bits per heavy atom. The van der Waals surface area contributed by atoms with Gasteiger partial charge in [0.1, 0.15) is 6.54 Å². The number of nitrogens with one attached hydrogen (secondary N) is 1. The van der Waals surface area contributed by atoms with Crippen LogP contribution in [0.5, 0.6) is 0 Å². The number of piperidine rings is 2. The van der Waals surface area contributed by atoms with Gasteiger partial charge in [0.05, 0.1) is 48.6 Å². The molecule has 0 atom stereocenters. The molecule has 0 amide bonds. The molecule has 2 aliphatic heterocycles. The lowest BCUT2D eigenvalue weighted by atomic mass is 9.90. The highest BCUT2D eigenvalue weighted by Gasteiger charge is 2.41. The zero-order valence-corrected chi connectivity index (χ0v) is 24.1. The van der Waals surface area contributed by atoms with Crippen LogP contribution in [0.1, 0.15) is 73.0 Å². The van der Waals surface area contributed by atoms with E-state index in [0.29, 0.717) is 45.9 Å². The number of ether oxygens (including phenoxy) is 1. The van der Waals surface area contributed by atoms with Gasteiger partial charge >= 0.3 is 12.1 Å². The second-order valence-corrected chi connectivity index (χ2v) is 11.7. The summed E-state index contributed by atoms with van der Waals surface area (Å²) in [4.78, 5) is 18.6. The molecule has 0 spiro atoms. The Kier molecular flexibility index (Phi) is 8.52. The summed E-state index contributed by atoms with van der Waals surface area (Å²) in [7, 11) is 1.36. The van der Waals surface area contributed by atoms with Gasteiger partial charge in [-0.3, -0.25) is 0 Å². The number of likely N-dealkylation sites (tertiary alicyclic amines) is 1. The number of methoxy groups -OCH3 is 1. The highest BCUT2D eigenvalue weighted by molar-refractivity contribution is 6.06. The molecule has 5 rings (SSSR count). The van der Waals surface area contributed by atoms with Gasteiger partial charge in [0, 0.05) is 42.4 Å². The number of allylic oxidation sites excluding steroid dienone is 1. The third kappa shape index (κ3) is 6.19. The van der Waals surface area contributed by atoms with Crippen molar-refractivity contribution in [2.24, 2.45) is 0 Å². The van der Waals surface area contributed by atoms with Crippen LogP contribution in [-0.2, 0) is 17.5 Å². The quantitative estimate of drug-likeness (QED) is 0.250. The lowest BCUT2D eigenvalue weighted by molar-refractivity contribution is -0.968. The van der Waals surface area contributed by atoms with Crippen molar-refractivity contribution in [1.29, 1.82) is 0 Å². The molecule has 5 nitrogen and oxygen atoms in total. The van der Waals surface area contributed by atoms with E-state index in [1.54, 1.807) is 6.07 Å². The Labute approximate surface area is 240 Å². The molecule has 0 saturated carbocycles. The molecule has 41 heavy (non-hydrogen) atoms. The Bertz CT molecular complexity index is 1450. The number of aromatic nitrogens is 1. The zero-order chi connectivity index (χ0) is 29.2. The van der Waals surface area contributed by atoms with E-state index in [9.17, 15) is 18.0 Å². The molecule has 8 heteroatoms. The average Bonchev–Trinajstić information content (AvgIpc) is 2.96. The molecular weight excluding hydrogens is 527 g/mol. The molecular formula is C33H39F3N3O2+. The van der Waals surface area contributed by atoms with Crippen LogP contribution in [0.2, 0.25) is 0 Å². The fourth-order valence-corrected chi connectivity index (χ4v) is 6.78. The first kappa shape index (κ1) is 29.3. The molecule has 0 aliphatic carbocycles. The average molecular weight is 567 g/mol. The molecule has 2 fully saturated rings. The molecule has 2 saturated heterocycles.